The van der Waals surface area contributed by atoms with Crippen molar-refractivity contribution >= 4 is 0 Å². The molecule has 4 heteroatoms. The van der Waals surface area contributed by atoms with Gasteiger partial charge in [0.05, 0.1) is 11.9 Å². The zero-order valence-corrected chi connectivity index (χ0v) is 9.39. The topological polar surface area (TPSA) is 56.7 Å². The Morgan fingerprint density at radius 2 is 2.20 bits per heavy atom. The maximum atomic E-state index is 5.87. The van der Waals surface area contributed by atoms with E-state index in [0.29, 0.717) is 11.8 Å². The van der Waals surface area contributed by atoms with Crippen molar-refractivity contribution in [3.8, 4) is 0 Å². The molecule has 0 spiro atoms. The van der Waals surface area contributed by atoms with E-state index in [9.17, 15) is 0 Å². The molecule has 84 valence electrons. The molecule has 0 amide bonds. The fourth-order valence-corrected chi connectivity index (χ4v) is 2.69. The van der Waals surface area contributed by atoms with Crippen LogP contribution in [0.2, 0.25) is 0 Å². The third kappa shape index (κ3) is 2.20. The highest BCUT2D eigenvalue weighted by atomic mass is 15.4. The Morgan fingerprint density at radius 3 is 2.87 bits per heavy atom. The van der Waals surface area contributed by atoms with Crippen molar-refractivity contribution in [1.82, 2.24) is 15.0 Å². The van der Waals surface area contributed by atoms with Gasteiger partial charge in [0, 0.05) is 13.0 Å². The van der Waals surface area contributed by atoms with Crippen molar-refractivity contribution in [2.45, 2.75) is 38.0 Å². The van der Waals surface area contributed by atoms with Crippen LogP contribution in [0.4, 0.5) is 0 Å². The smallest absolute Gasteiger partial charge is 0.0728 e. The summed E-state index contributed by atoms with van der Waals surface area (Å²) in [6.07, 6.45) is 8.38. The molecule has 1 saturated carbocycles. The summed E-state index contributed by atoms with van der Waals surface area (Å²) >= 11 is 0. The van der Waals surface area contributed by atoms with Gasteiger partial charge >= 0.3 is 0 Å². The molecule has 1 aliphatic carbocycles. The van der Waals surface area contributed by atoms with Crippen LogP contribution in [0.1, 0.15) is 43.7 Å². The van der Waals surface area contributed by atoms with Crippen LogP contribution in [0.5, 0.6) is 0 Å². The second-order valence-corrected chi connectivity index (χ2v) is 4.52. The molecular formula is C11H20N4. The van der Waals surface area contributed by atoms with E-state index in [1.54, 1.807) is 0 Å². The molecule has 1 heterocycles. The number of hydrogen-bond acceptors (Lipinski definition) is 3. The summed E-state index contributed by atoms with van der Waals surface area (Å²) in [6, 6.07) is 0. The minimum Gasteiger partial charge on any atom is -0.330 e. The maximum Gasteiger partial charge on any atom is 0.0728 e. The molecular weight excluding hydrogens is 188 g/mol. The quantitative estimate of drug-likeness (QED) is 0.748. The molecule has 1 aromatic heterocycles. The number of aryl methyl sites for hydroxylation is 1. The van der Waals surface area contributed by atoms with Gasteiger partial charge < -0.3 is 5.73 Å². The van der Waals surface area contributed by atoms with Gasteiger partial charge in [0.25, 0.3) is 0 Å². The lowest BCUT2D eigenvalue weighted by Crippen LogP contribution is -2.22. The summed E-state index contributed by atoms with van der Waals surface area (Å²) in [5, 5.41) is 7.99. The van der Waals surface area contributed by atoms with Crippen LogP contribution in [0, 0.1) is 5.92 Å². The average molecular weight is 208 g/mol. The Morgan fingerprint density at radius 1 is 1.40 bits per heavy atom. The molecule has 1 aromatic rings. The van der Waals surface area contributed by atoms with Crippen molar-refractivity contribution in [3.63, 3.8) is 0 Å². The first-order valence-electron chi connectivity index (χ1n) is 5.87. The molecule has 2 rings (SSSR count). The van der Waals surface area contributed by atoms with Crippen molar-refractivity contribution < 1.29 is 0 Å². The van der Waals surface area contributed by atoms with Crippen LogP contribution in [-0.2, 0) is 7.05 Å². The van der Waals surface area contributed by atoms with E-state index in [1.807, 2.05) is 17.9 Å². The lowest BCUT2D eigenvalue weighted by molar-refractivity contribution is 0.390. The summed E-state index contributed by atoms with van der Waals surface area (Å²) < 4.78 is 1.90. The Balaban J connectivity index is 2.20. The van der Waals surface area contributed by atoms with E-state index in [2.05, 4.69) is 10.3 Å². The van der Waals surface area contributed by atoms with Gasteiger partial charge in [0.15, 0.2) is 0 Å². The predicted octanol–water partition coefficient (Wildman–Crippen LogP) is 1.44. The molecule has 0 bridgehead atoms. The molecule has 1 aliphatic rings. The van der Waals surface area contributed by atoms with Gasteiger partial charge in [-0.05, 0) is 25.3 Å². The van der Waals surface area contributed by atoms with Crippen LogP contribution < -0.4 is 5.73 Å². The van der Waals surface area contributed by atoms with Gasteiger partial charge in [0.2, 0.25) is 0 Å². The van der Waals surface area contributed by atoms with Gasteiger partial charge in [-0.2, -0.15) is 0 Å². The predicted molar refractivity (Wildman–Crippen MR) is 59.4 cm³/mol. The molecule has 0 aromatic carbocycles. The summed E-state index contributed by atoms with van der Waals surface area (Å²) in [7, 11) is 1.97. The first-order valence-corrected chi connectivity index (χ1v) is 5.87. The highest BCUT2D eigenvalue weighted by Gasteiger charge is 2.26. The van der Waals surface area contributed by atoms with Crippen molar-refractivity contribution in [3.05, 3.63) is 11.9 Å². The summed E-state index contributed by atoms with van der Waals surface area (Å²) in [5.74, 6) is 1.18. The average Bonchev–Trinajstić information content (AvgIpc) is 2.54. The zero-order valence-electron chi connectivity index (χ0n) is 9.39. The zero-order chi connectivity index (χ0) is 10.7. The Kier molecular flexibility index (Phi) is 3.36. The molecule has 2 unspecified atom stereocenters. The minimum atomic E-state index is 0.567. The number of nitrogens with zero attached hydrogens (tertiary/aromatic N) is 3. The second-order valence-electron chi connectivity index (χ2n) is 4.52. The maximum absolute atomic E-state index is 5.87. The second kappa shape index (κ2) is 4.75. The number of rotatable bonds is 2. The monoisotopic (exact) mass is 208 g/mol. The van der Waals surface area contributed by atoms with Crippen molar-refractivity contribution in [2.75, 3.05) is 6.54 Å². The van der Waals surface area contributed by atoms with E-state index in [0.717, 1.165) is 6.54 Å². The van der Waals surface area contributed by atoms with Gasteiger partial charge in [-0.15, -0.1) is 5.10 Å². The highest BCUT2D eigenvalue weighted by molar-refractivity contribution is 5.06. The van der Waals surface area contributed by atoms with Crippen molar-refractivity contribution in [1.29, 1.82) is 0 Å². The largest absolute Gasteiger partial charge is 0.330 e. The molecule has 0 aliphatic heterocycles. The Labute approximate surface area is 90.8 Å². The third-order valence-electron chi connectivity index (χ3n) is 3.59. The fourth-order valence-electron chi connectivity index (χ4n) is 2.69. The van der Waals surface area contributed by atoms with Crippen LogP contribution in [0.3, 0.4) is 0 Å². The first-order chi connectivity index (χ1) is 7.33. The molecule has 0 radical (unpaired) electrons. The first kappa shape index (κ1) is 10.6. The van der Waals surface area contributed by atoms with Gasteiger partial charge in [-0.3, -0.25) is 4.68 Å². The van der Waals surface area contributed by atoms with Gasteiger partial charge in [0.1, 0.15) is 0 Å². The van der Waals surface area contributed by atoms with Crippen LogP contribution in [-0.4, -0.2) is 21.5 Å². The standard InChI is InChI=1S/C11H20N4/c1-15-11(8-13-14-15)10-6-4-2-3-5-9(10)7-12/h8-10H,2-7,12H2,1H3. The molecule has 2 N–H and O–H groups in total. The minimum absolute atomic E-state index is 0.567. The van der Waals surface area contributed by atoms with Crippen molar-refractivity contribution in [2.24, 2.45) is 18.7 Å². The van der Waals surface area contributed by atoms with E-state index < -0.39 is 0 Å². The van der Waals surface area contributed by atoms with Gasteiger partial charge in [-0.25, -0.2) is 0 Å². The van der Waals surface area contributed by atoms with Crippen LogP contribution >= 0.6 is 0 Å². The normalized spacial score (nSPS) is 27.6. The SMILES string of the molecule is Cn1nncc1C1CCCCCC1CN. The molecule has 0 saturated heterocycles. The summed E-state index contributed by atoms with van der Waals surface area (Å²) in [5.41, 5.74) is 7.13. The number of nitrogens with two attached hydrogens (primary N) is 1. The van der Waals surface area contributed by atoms with E-state index in [-0.39, 0.29) is 0 Å². The molecule has 15 heavy (non-hydrogen) atoms. The van der Waals surface area contributed by atoms with Crippen LogP contribution in [0.15, 0.2) is 6.20 Å². The van der Waals surface area contributed by atoms with Crippen LogP contribution in [0.25, 0.3) is 0 Å². The summed E-state index contributed by atoms with van der Waals surface area (Å²) in [4.78, 5) is 0. The Hall–Kier alpha value is -0.900. The molecule has 1 fully saturated rings. The third-order valence-corrected chi connectivity index (χ3v) is 3.59. The highest BCUT2D eigenvalue weighted by Crippen LogP contribution is 2.35. The summed E-state index contributed by atoms with van der Waals surface area (Å²) in [6.45, 7) is 0.788. The molecule has 4 nitrogen and oxygen atoms in total. The van der Waals surface area contributed by atoms with Gasteiger partial charge in [-0.1, -0.05) is 24.5 Å². The van der Waals surface area contributed by atoms with E-state index in [1.165, 1.54) is 37.8 Å². The van der Waals surface area contributed by atoms with E-state index >= 15 is 0 Å². The fraction of sp³-hybridized carbons (Fsp3) is 0.818. The number of hydrogen-bond donors (Lipinski definition) is 1. The van der Waals surface area contributed by atoms with E-state index in [4.69, 9.17) is 5.73 Å². The molecule has 2 atom stereocenters. The lowest BCUT2D eigenvalue weighted by Gasteiger charge is -2.23. The Bertz CT molecular complexity index is 307. The lowest BCUT2D eigenvalue weighted by atomic mass is 9.85. The number of aromatic nitrogens is 3.